The van der Waals surface area contributed by atoms with E-state index < -0.39 is 10.0 Å². The quantitative estimate of drug-likeness (QED) is 0.601. The lowest BCUT2D eigenvalue weighted by Gasteiger charge is -2.45. The molecule has 4 rings (SSSR count). The maximum atomic E-state index is 13.4. The second-order valence-electron chi connectivity index (χ2n) is 9.12. The molecule has 2 aliphatic heterocycles. The van der Waals surface area contributed by atoms with E-state index in [1.54, 1.807) is 28.6 Å². The minimum atomic E-state index is -3.56. The second kappa shape index (κ2) is 9.79. The molecular weight excluding hydrogens is 398 g/mol. The average Bonchev–Trinajstić information content (AvgIpc) is 3.42. The fraction of sp³-hybridized carbons (Fsp3) is 0.696. The molecule has 0 atom stereocenters. The summed E-state index contributed by atoms with van der Waals surface area (Å²) in [6, 6.07) is 8.59. The van der Waals surface area contributed by atoms with E-state index in [0.717, 1.165) is 26.1 Å². The normalized spacial score (nSPS) is 21.4. The Kier molecular flexibility index (Phi) is 7.11. The molecule has 1 aliphatic carbocycles. The van der Waals surface area contributed by atoms with Crippen LogP contribution >= 0.6 is 0 Å². The van der Waals surface area contributed by atoms with Gasteiger partial charge in [-0.15, -0.1) is 0 Å². The van der Waals surface area contributed by atoms with Crippen LogP contribution in [-0.4, -0.2) is 73.7 Å². The molecule has 0 unspecified atom stereocenters. The van der Waals surface area contributed by atoms with Gasteiger partial charge in [0, 0.05) is 32.6 Å². The Morgan fingerprint density at radius 2 is 1.67 bits per heavy atom. The highest BCUT2D eigenvalue weighted by molar-refractivity contribution is 7.89. The van der Waals surface area contributed by atoms with Crippen molar-refractivity contribution in [3.63, 3.8) is 0 Å². The van der Waals surface area contributed by atoms with Gasteiger partial charge in [-0.1, -0.05) is 43.9 Å². The molecule has 0 N–H and O–H groups in total. The van der Waals surface area contributed by atoms with Crippen molar-refractivity contribution in [1.29, 1.82) is 0 Å². The zero-order valence-corrected chi connectivity index (χ0v) is 18.7. The zero-order valence-electron chi connectivity index (χ0n) is 17.9. The highest BCUT2D eigenvalue weighted by Gasteiger charge is 2.40. The van der Waals surface area contributed by atoms with Gasteiger partial charge in [-0.05, 0) is 50.4 Å². The summed E-state index contributed by atoms with van der Waals surface area (Å²) in [6.07, 6.45) is 9.10. The van der Waals surface area contributed by atoms with Crippen molar-refractivity contribution >= 4 is 15.9 Å². The highest BCUT2D eigenvalue weighted by atomic mass is 32.2. The van der Waals surface area contributed by atoms with Gasteiger partial charge in [0.1, 0.15) is 0 Å². The number of carbonyl (C=O) groups excluding carboxylic acids is 1. The van der Waals surface area contributed by atoms with Gasteiger partial charge in [-0.25, -0.2) is 8.42 Å². The molecule has 1 saturated carbocycles. The van der Waals surface area contributed by atoms with Crippen molar-refractivity contribution in [2.45, 2.75) is 62.3 Å². The number of carbonyl (C=O) groups is 1. The molecule has 1 aromatic carbocycles. The van der Waals surface area contributed by atoms with Gasteiger partial charge < -0.3 is 9.80 Å². The van der Waals surface area contributed by atoms with Crippen LogP contribution in [0.1, 0.15) is 51.4 Å². The summed E-state index contributed by atoms with van der Waals surface area (Å²) in [5, 5.41) is 0. The summed E-state index contributed by atoms with van der Waals surface area (Å²) in [4.78, 5) is 17.1. The lowest BCUT2D eigenvalue weighted by molar-refractivity contribution is -0.137. The molecule has 166 valence electrons. The number of likely N-dealkylation sites (tertiary alicyclic amines) is 2. The van der Waals surface area contributed by atoms with Crippen LogP contribution < -0.4 is 0 Å². The van der Waals surface area contributed by atoms with Crippen molar-refractivity contribution in [3.8, 4) is 0 Å². The third-order valence-corrected chi connectivity index (χ3v) is 9.01. The molecule has 0 aromatic heterocycles. The lowest BCUT2D eigenvalue weighted by atomic mass is 10.00. The van der Waals surface area contributed by atoms with Crippen LogP contribution in [0, 0.1) is 5.92 Å². The van der Waals surface area contributed by atoms with Crippen LogP contribution in [0.5, 0.6) is 0 Å². The van der Waals surface area contributed by atoms with Crippen LogP contribution in [0.4, 0.5) is 0 Å². The van der Waals surface area contributed by atoms with Crippen molar-refractivity contribution in [1.82, 2.24) is 14.1 Å². The molecule has 2 saturated heterocycles. The van der Waals surface area contributed by atoms with Crippen LogP contribution in [0.25, 0.3) is 0 Å². The molecule has 0 radical (unpaired) electrons. The SMILES string of the molecule is O=C(CCC1CCCC1)N1CC(N(CCN2CCCC2)S(=O)(=O)c2ccccc2)C1. The van der Waals surface area contributed by atoms with E-state index in [1.807, 2.05) is 11.0 Å². The number of sulfonamides is 1. The smallest absolute Gasteiger partial charge is 0.243 e. The third kappa shape index (κ3) is 5.06. The van der Waals surface area contributed by atoms with E-state index in [4.69, 9.17) is 0 Å². The fourth-order valence-electron chi connectivity index (χ4n) is 5.10. The molecule has 3 aliphatic rings. The Hall–Kier alpha value is -1.44. The van der Waals surface area contributed by atoms with Gasteiger partial charge in [-0.3, -0.25) is 4.79 Å². The Morgan fingerprint density at radius 3 is 2.33 bits per heavy atom. The minimum Gasteiger partial charge on any atom is -0.339 e. The molecule has 3 fully saturated rings. The molecule has 1 amide bonds. The first-order valence-corrected chi connectivity index (χ1v) is 13.0. The predicted octanol–water partition coefficient (Wildman–Crippen LogP) is 2.95. The van der Waals surface area contributed by atoms with Crippen molar-refractivity contribution in [3.05, 3.63) is 30.3 Å². The zero-order chi connectivity index (χ0) is 21.0. The van der Waals surface area contributed by atoms with Gasteiger partial charge in [0.05, 0.1) is 10.9 Å². The van der Waals surface area contributed by atoms with Crippen molar-refractivity contribution in [2.24, 2.45) is 5.92 Å². The average molecular weight is 434 g/mol. The first-order valence-electron chi connectivity index (χ1n) is 11.6. The topological polar surface area (TPSA) is 60.9 Å². The largest absolute Gasteiger partial charge is 0.339 e. The Balaban J connectivity index is 1.37. The second-order valence-corrected chi connectivity index (χ2v) is 11.0. The first kappa shape index (κ1) is 21.8. The summed E-state index contributed by atoms with van der Waals surface area (Å²) in [5.41, 5.74) is 0. The number of amides is 1. The number of hydrogen-bond acceptors (Lipinski definition) is 4. The summed E-state index contributed by atoms with van der Waals surface area (Å²) >= 11 is 0. The van der Waals surface area contributed by atoms with Gasteiger partial charge >= 0.3 is 0 Å². The van der Waals surface area contributed by atoms with E-state index in [-0.39, 0.29) is 11.9 Å². The maximum absolute atomic E-state index is 13.4. The molecule has 0 spiro atoms. The molecule has 6 nitrogen and oxygen atoms in total. The Morgan fingerprint density at radius 1 is 1.00 bits per heavy atom. The molecule has 30 heavy (non-hydrogen) atoms. The number of rotatable bonds is 9. The lowest BCUT2D eigenvalue weighted by Crippen LogP contribution is -2.63. The summed E-state index contributed by atoms with van der Waals surface area (Å²) in [7, 11) is -3.56. The molecule has 1 aromatic rings. The van der Waals surface area contributed by atoms with Gasteiger partial charge in [0.25, 0.3) is 0 Å². The third-order valence-electron chi connectivity index (χ3n) is 7.05. The van der Waals surface area contributed by atoms with E-state index in [2.05, 4.69) is 4.90 Å². The first-order chi connectivity index (χ1) is 14.5. The van der Waals surface area contributed by atoms with Gasteiger partial charge in [0.2, 0.25) is 15.9 Å². The number of benzene rings is 1. The monoisotopic (exact) mass is 433 g/mol. The standard InChI is InChI=1S/C23H35N3O3S/c27-23(13-12-20-8-4-5-9-20)25-18-21(19-25)26(17-16-24-14-6-7-15-24)30(28,29)22-10-2-1-3-11-22/h1-3,10-11,20-21H,4-9,12-19H2. The predicted molar refractivity (Wildman–Crippen MR) is 118 cm³/mol. The van der Waals surface area contributed by atoms with Crippen LogP contribution in [0.3, 0.4) is 0 Å². The van der Waals surface area contributed by atoms with Crippen molar-refractivity contribution in [2.75, 3.05) is 39.3 Å². The van der Waals surface area contributed by atoms with Gasteiger partial charge in [0.15, 0.2) is 0 Å². The van der Waals surface area contributed by atoms with Crippen LogP contribution in [0.15, 0.2) is 35.2 Å². The Labute approximate surface area is 181 Å². The molecule has 7 heteroatoms. The molecule has 2 heterocycles. The fourth-order valence-corrected chi connectivity index (χ4v) is 6.72. The molecule has 0 bridgehead atoms. The maximum Gasteiger partial charge on any atom is 0.243 e. The Bertz CT molecular complexity index is 796. The van der Waals surface area contributed by atoms with Crippen molar-refractivity contribution < 1.29 is 13.2 Å². The van der Waals surface area contributed by atoms with Gasteiger partial charge in [-0.2, -0.15) is 4.31 Å². The summed E-state index contributed by atoms with van der Waals surface area (Å²) in [6.45, 7) is 4.40. The summed E-state index contributed by atoms with van der Waals surface area (Å²) in [5.74, 6) is 0.899. The van der Waals surface area contributed by atoms with E-state index in [0.29, 0.717) is 36.9 Å². The van der Waals surface area contributed by atoms with E-state index in [9.17, 15) is 13.2 Å². The highest BCUT2D eigenvalue weighted by Crippen LogP contribution is 2.30. The molecular formula is C23H35N3O3S. The van der Waals surface area contributed by atoms with E-state index >= 15 is 0 Å². The summed E-state index contributed by atoms with van der Waals surface area (Å²) < 4.78 is 28.4. The van der Waals surface area contributed by atoms with E-state index in [1.165, 1.54) is 38.5 Å². The van der Waals surface area contributed by atoms with Crippen LogP contribution in [0.2, 0.25) is 0 Å². The number of hydrogen-bond donors (Lipinski definition) is 0. The minimum absolute atomic E-state index is 0.117. The number of nitrogens with zero attached hydrogens (tertiary/aromatic N) is 3. The van der Waals surface area contributed by atoms with Crippen LogP contribution in [-0.2, 0) is 14.8 Å².